The van der Waals surface area contributed by atoms with Gasteiger partial charge in [-0.25, -0.2) is 0 Å². The van der Waals surface area contributed by atoms with Gasteiger partial charge in [0.2, 0.25) is 94.5 Å². The number of hydrogen-bond donors (Lipinski definition) is 25. The Balaban J connectivity index is 1.24. The summed E-state index contributed by atoms with van der Waals surface area (Å²) < 4.78 is 0. The zero-order valence-electron chi connectivity index (χ0n) is 83.0. The van der Waals surface area contributed by atoms with Crippen LogP contribution >= 0.6 is 11.8 Å². The molecule has 0 radical (unpaired) electrons. The molecule has 0 aliphatic carbocycles. The second-order valence-corrected chi connectivity index (χ2v) is 37.9. The molecule has 1 aromatic heterocycles. The molecule has 0 saturated carbocycles. The first-order valence-electron chi connectivity index (χ1n) is 48.0. The fourth-order valence-electron chi connectivity index (χ4n) is 16.1. The van der Waals surface area contributed by atoms with E-state index in [9.17, 15) is 48.9 Å². The minimum absolute atomic E-state index is 0.00933. The van der Waals surface area contributed by atoms with Crippen molar-refractivity contribution in [3.05, 3.63) is 197 Å². The number of phenolic OH excluding ortho intramolecular Hbond substituents is 1. The molecule has 45 heteroatoms. The highest BCUT2D eigenvalue weighted by atomic mass is 32.2. The van der Waals surface area contributed by atoms with Crippen molar-refractivity contribution in [3.63, 3.8) is 0 Å². The Morgan fingerprint density at radius 1 is 0.452 bits per heavy atom. The Kier molecular flexibility index (Phi) is 45.2. The van der Waals surface area contributed by atoms with Gasteiger partial charge in [0.25, 0.3) is 0 Å². The van der Waals surface area contributed by atoms with Crippen LogP contribution in [0.3, 0.4) is 0 Å². The van der Waals surface area contributed by atoms with Crippen molar-refractivity contribution < 1.29 is 96.8 Å². The molecule has 14 atom stereocenters. The van der Waals surface area contributed by atoms with Crippen molar-refractivity contribution in [2.45, 2.75) is 210 Å². The van der Waals surface area contributed by atoms with Crippen molar-refractivity contribution in [2.24, 2.45) is 40.7 Å². The van der Waals surface area contributed by atoms with Crippen LogP contribution in [0.2, 0.25) is 0 Å². The second kappa shape index (κ2) is 57.1. The number of hydrogen-bond acceptors (Lipinski definition) is 23. The summed E-state index contributed by atoms with van der Waals surface area (Å²) in [7, 11) is 2.58. The molecule has 146 heavy (non-hydrogen) atoms. The largest absolute Gasteiger partial charge is 0.508 e. The van der Waals surface area contributed by atoms with Crippen molar-refractivity contribution >= 4 is 135 Å². The first-order valence-corrected chi connectivity index (χ1v) is 49.1. The van der Waals surface area contributed by atoms with Crippen LogP contribution in [0, 0.1) is 28.6 Å². The lowest BCUT2D eigenvalue weighted by Gasteiger charge is -2.35. The highest BCUT2D eigenvalue weighted by molar-refractivity contribution is 8.00. The van der Waals surface area contributed by atoms with Crippen LogP contribution in [0.15, 0.2) is 164 Å². The van der Waals surface area contributed by atoms with Crippen LogP contribution in [-0.2, 0) is 120 Å². The number of aliphatic carboxylic acids is 1. The number of nitrogens with zero attached hydrogens (tertiary/aromatic N) is 2. The van der Waals surface area contributed by atoms with Gasteiger partial charge in [-0.15, -0.1) is 11.8 Å². The van der Waals surface area contributed by atoms with Crippen molar-refractivity contribution in [1.29, 1.82) is 10.8 Å². The van der Waals surface area contributed by atoms with E-state index < -0.39 is 246 Å². The number of aromatic hydroxyl groups is 1. The Hall–Kier alpha value is -15.5. The Morgan fingerprint density at radius 2 is 0.877 bits per heavy atom. The number of carboxylic acid groups (broad SMARTS) is 1. The number of guanidine groups is 2. The summed E-state index contributed by atoms with van der Waals surface area (Å²) in [4.78, 5) is 257. The molecule has 2 heterocycles. The number of aromatic nitrogens is 1. The molecule has 44 nitrogen and oxygen atoms in total. The fourth-order valence-corrected chi connectivity index (χ4v) is 17.0. The number of aliphatic hydroxyl groups is 1. The molecule has 786 valence electrons. The highest BCUT2D eigenvalue weighted by Gasteiger charge is 2.42. The summed E-state index contributed by atoms with van der Waals surface area (Å²) in [6, 6.07) is 20.2. The number of benzene rings is 6. The van der Waals surface area contributed by atoms with Gasteiger partial charge in [-0.1, -0.05) is 181 Å². The van der Waals surface area contributed by atoms with Crippen molar-refractivity contribution in [1.82, 2.24) is 94.5 Å². The zero-order chi connectivity index (χ0) is 107. The van der Waals surface area contributed by atoms with Gasteiger partial charge < -0.3 is 133 Å². The minimum Gasteiger partial charge on any atom is -0.508 e. The molecule has 7 aromatic rings. The summed E-state index contributed by atoms with van der Waals surface area (Å²) in [5.41, 5.74) is 27.7. The predicted molar refractivity (Wildman–Crippen MR) is 546 cm³/mol. The second-order valence-electron chi connectivity index (χ2n) is 36.9. The molecule has 0 spiro atoms. The number of thioether (sulfide) groups is 1. The number of primary amides is 1. The van der Waals surface area contributed by atoms with E-state index in [2.05, 4.69) is 84.7 Å². The number of phenols is 1. The van der Waals surface area contributed by atoms with Gasteiger partial charge in [0, 0.05) is 88.7 Å². The van der Waals surface area contributed by atoms with Crippen LogP contribution in [0.1, 0.15) is 120 Å². The number of carbonyl (C=O) groups is 17. The van der Waals surface area contributed by atoms with E-state index >= 15 is 47.9 Å². The van der Waals surface area contributed by atoms with Crippen molar-refractivity contribution in [3.8, 4) is 16.9 Å². The van der Waals surface area contributed by atoms with Gasteiger partial charge in [0.05, 0.1) is 25.3 Å². The van der Waals surface area contributed by atoms with Gasteiger partial charge in [-0.2, -0.15) is 0 Å². The number of amides is 16. The van der Waals surface area contributed by atoms with E-state index in [-0.39, 0.29) is 94.7 Å². The van der Waals surface area contributed by atoms with Gasteiger partial charge in [0.1, 0.15) is 90.3 Å². The Bertz CT molecular complexity index is 5700. The van der Waals surface area contributed by atoms with Gasteiger partial charge in [-0.3, -0.25) is 92.3 Å². The van der Waals surface area contributed by atoms with Gasteiger partial charge >= 0.3 is 5.97 Å². The van der Waals surface area contributed by atoms with E-state index in [1.165, 1.54) is 59.1 Å². The maximum absolute atomic E-state index is 15.7. The summed E-state index contributed by atoms with van der Waals surface area (Å²) in [6.45, 7) is 9.18. The maximum Gasteiger partial charge on any atom is 0.305 e. The predicted octanol–water partition coefficient (Wildman–Crippen LogP) is -1.30. The zero-order valence-corrected chi connectivity index (χ0v) is 83.8. The van der Waals surface area contributed by atoms with Gasteiger partial charge in [-0.05, 0) is 119 Å². The molecule has 1 fully saturated rings. The molecule has 1 aliphatic rings. The monoisotopic (exact) mass is 2040 g/mol. The first-order chi connectivity index (χ1) is 69.4. The lowest BCUT2D eigenvalue weighted by molar-refractivity contribution is -0.148. The average Bonchev–Trinajstić information content (AvgIpc) is 1.56. The molecule has 1 saturated heterocycles. The molecular formula is C101H136N24O20S. The van der Waals surface area contributed by atoms with Crippen LogP contribution in [0.25, 0.3) is 22.0 Å². The number of aliphatic hydroxyl groups excluding tert-OH is 1. The van der Waals surface area contributed by atoms with Crippen LogP contribution in [0.5, 0.6) is 5.75 Å². The molecule has 0 unspecified atom stereocenters. The molecule has 8 rings (SSSR count). The molecule has 0 bridgehead atoms. The van der Waals surface area contributed by atoms with E-state index in [1.807, 2.05) is 30.3 Å². The third-order valence-electron chi connectivity index (χ3n) is 24.4. The number of aromatic amines is 1. The fraction of sp³-hybridized carbons (Fsp3) is 0.436. The number of H-pyrrole nitrogens is 1. The smallest absolute Gasteiger partial charge is 0.305 e. The number of para-hydroxylation sites is 1. The SMILES string of the molecule is CC(C)C[C@@H]1NC(=O)[C@H](CCCNC(=N)N)NC(=O)[C@H](Cc2ccccc2)N(C)C(=O)[C@H](C)N(C)C(=O)[C@H](CCCNC(=N)N)NC(=O)[C@H](Cc2ccc(-c3ccccc3)cc2)NC(=O)[C@H](C(C)C)NC(=O)[C@H](Cc2c[nH]c3ccccc23)NC(=O)[C@H](CC(=O)O)NC(=O)[C@H](Cc2ccc(O)cc2)NC(=O)[C@H](Cc2ccc(CN)cc2)NC(=O)CSC[C@@H](C(=O)NCC(N)=O)NC(=O)[C@H](CO)NC(=O)[C@H](C(C)C)NC1=O. The number of nitrogens with two attached hydrogens (primary N) is 4. The van der Waals surface area contributed by atoms with E-state index in [0.717, 1.165) is 20.9 Å². The van der Waals surface area contributed by atoms with E-state index in [4.69, 9.17) is 33.8 Å². The lowest BCUT2D eigenvalue weighted by Crippen LogP contribution is -2.62. The number of nitrogens with one attached hydrogen (secondary N) is 18. The quantitative estimate of drug-likeness (QED) is 0.0141. The number of likely N-dealkylation sites (N-methyl/N-ethyl adjacent to an activating group) is 2. The summed E-state index contributed by atoms with van der Waals surface area (Å²) in [5, 5.41) is 87.4. The topological polar surface area (TPSA) is 705 Å². The maximum atomic E-state index is 15.7. The average molecular weight is 2040 g/mol. The third kappa shape index (κ3) is 36.4. The number of carboxylic acids is 1. The standard InChI is InChI=1S/C101H136N24O20S/c1-55(2)42-72-92(138)122-85(57(5)6)97(143)120-78(52-126)94(140)121-79(86(132)111-51-81(103)128)53-146-54-82(129)112-73(43-60-28-30-63(49-102)31-29-60)88(134)116-74(45-62-34-38-67(127)39-35-62)90(136)118-77(48-83(130)131)91(137)117-76(47-66-50-110-69-25-17-16-24-68(66)69)93(139)123-84(56(3)4)96(142)119-75(44-61-32-36-65(37-33-61)64-22-14-11-15-23-64)89(135)114-71(27-19-41-109-101(106)107)99(145)124(8)58(7)98(144)125(9)80(46-59-20-12-10-13-21-59)95(141)113-70(87(133)115-72)26-18-40-108-100(104)105/h10-17,20-25,28-39,50,55-58,70-80,84-85,110,126-127H,18-19,26-27,40-49,51-54,102H2,1-9H3,(H2,103,128)(H,111,132)(H,112,129)(H,113,141)(H,114,135)(H,115,133)(H,116,134)(H,117,137)(H,118,136)(H,119,142)(H,120,143)(H,121,140)(H,122,138)(H,123,139)(H,130,131)(H4,104,105,108)(H4,106,107,109)/t58-,70-,71-,72-,73-,74-,75-,76-,77-,78-,79-,80-,84-,85-/m0/s1. The molecular weight excluding hydrogens is 1900 g/mol. The summed E-state index contributed by atoms with van der Waals surface area (Å²) in [5.74, 6) is -22.2. The molecule has 6 aromatic carbocycles. The summed E-state index contributed by atoms with van der Waals surface area (Å²) in [6.07, 6.45) is -1.72. The number of carbonyl (C=O) groups excluding carboxylic acids is 16. The van der Waals surface area contributed by atoms with Crippen LogP contribution in [0.4, 0.5) is 0 Å². The van der Waals surface area contributed by atoms with E-state index in [1.54, 1.807) is 137 Å². The molecule has 16 amide bonds. The van der Waals surface area contributed by atoms with E-state index in [0.29, 0.717) is 50.5 Å². The molecule has 29 N–H and O–H groups in total. The lowest BCUT2D eigenvalue weighted by atomic mass is 9.98. The van der Waals surface area contributed by atoms with Gasteiger partial charge in [0.15, 0.2) is 11.9 Å². The number of fused-ring (bicyclic) bond motifs is 1. The minimum atomic E-state index is -2.10. The van der Waals surface area contributed by atoms with Crippen LogP contribution in [-0.4, -0.2) is 279 Å². The normalized spacial score (nSPS) is 22.2. The highest BCUT2D eigenvalue weighted by Crippen LogP contribution is 2.25. The molecule has 1 aliphatic heterocycles. The van der Waals surface area contributed by atoms with Crippen LogP contribution < -0.4 is 103 Å². The first kappa shape index (κ1) is 116. The Morgan fingerprint density at radius 3 is 1.40 bits per heavy atom. The Labute approximate surface area is 849 Å². The van der Waals surface area contributed by atoms with Crippen molar-refractivity contribution in [2.75, 3.05) is 51.8 Å². The summed E-state index contributed by atoms with van der Waals surface area (Å²) >= 11 is 0.696. The number of rotatable bonds is 30. The third-order valence-corrected chi connectivity index (χ3v) is 25.4.